The van der Waals surface area contributed by atoms with Crippen LogP contribution in [0.2, 0.25) is 0 Å². The summed E-state index contributed by atoms with van der Waals surface area (Å²) in [5.41, 5.74) is 1.22. The van der Waals surface area contributed by atoms with Crippen molar-refractivity contribution in [3.05, 3.63) is 48.2 Å². The Morgan fingerprint density at radius 1 is 1.08 bits per heavy atom. The van der Waals surface area contributed by atoms with E-state index in [4.69, 9.17) is 11.6 Å². The van der Waals surface area contributed by atoms with Crippen LogP contribution < -0.4 is 9.64 Å². The summed E-state index contributed by atoms with van der Waals surface area (Å²) < 4.78 is 57.7. The molecular weight excluding hydrogens is 477 g/mol. The summed E-state index contributed by atoms with van der Waals surface area (Å²) in [6.07, 6.45) is 4.68. The number of nitrogens with one attached hydrogen (secondary N) is 1. The van der Waals surface area contributed by atoms with E-state index < -0.39 is 36.1 Å². The molecule has 132 valence electrons. The predicted molar refractivity (Wildman–Crippen MR) is 96.9 cm³/mol. The Morgan fingerprint density at radius 2 is 1.76 bits per heavy atom. The van der Waals surface area contributed by atoms with Gasteiger partial charge in [0.25, 0.3) is 5.84 Å². The molecular formula is C15H10ClF4IN3O+. The average molecular weight is 487 g/mol. The lowest BCUT2D eigenvalue weighted by Crippen LogP contribution is -3.13. The van der Waals surface area contributed by atoms with Crippen LogP contribution in [0.1, 0.15) is 5.56 Å². The van der Waals surface area contributed by atoms with Crippen molar-refractivity contribution in [2.75, 3.05) is 0 Å². The fraction of sp³-hybridized carbons (Fsp3) is 0.133. The minimum Gasteiger partial charge on any atom is -0.425 e. The normalized spacial score (nSPS) is 19.9. The first-order valence-corrected chi connectivity index (χ1v) is 9.75. The smallest absolute Gasteiger partial charge is 0.425 e. The maximum Gasteiger partial charge on any atom is 0.445 e. The number of halogens is 6. The van der Waals surface area contributed by atoms with Gasteiger partial charge in [0.05, 0.1) is 0 Å². The molecule has 0 saturated heterocycles. The highest BCUT2D eigenvalue weighted by Crippen LogP contribution is 2.31. The fourth-order valence-electron chi connectivity index (χ4n) is 2.24. The van der Waals surface area contributed by atoms with E-state index in [1.54, 1.807) is 18.2 Å². The molecule has 2 heterocycles. The largest absolute Gasteiger partial charge is 0.445 e. The monoisotopic (exact) mass is 486 g/mol. The number of hydrogen-bond acceptors (Lipinski definition) is 3. The first-order valence-electron chi connectivity index (χ1n) is 6.77. The Balaban J connectivity index is 1.83. The third kappa shape index (κ3) is 3.98. The molecule has 0 fully saturated rings. The number of alkyl halides is 6. The third-order valence-corrected chi connectivity index (χ3v) is 4.64. The van der Waals surface area contributed by atoms with Gasteiger partial charge in [-0.25, -0.2) is 4.90 Å². The van der Waals surface area contributed by atoms with Gasteiger partial charge in [-0.3, -0.25) is 0 Å². The van der Waals surface area contributed by atoms with Crippen molar-refractivity contribution in [2.45, 2.75) is 9.50 Å². The maximum atomic E-state index is 13.4. The lowest BCUT2D eigenvalue weighted by molar-refractivity contribution is -0.636. The summed E-state index contributed by atoms with van der Waals surface area (Å²) in [5, 5.41) is 3.46. The zero-order chi connectivity index (χ0) is 18.2. The van der Waals surface area contributed by atoms with E-state index in [-0.39, 0.29) is 16.5 Å². The minimum absolute atomic E-state index is 0.00260. The van der Waals surface area contributed by atoms with Crippen LogP contribution in [0.4, 0.5) is 17.6 Å². The molecule has 25 heavy (non-hydrogen) atoms. The second kappa shape index (κ2) is 6.61. The molecule has 0 amide bonds. The second-order valence-corrected chi connectivity index (χ2v) is 7.48. The Kier molecular flexibility index (Phi) is 4.82. The third-order valence-electron chi connectivity index (χ3n) is 3.35. The van der Waals surface area contributed by atoms with Crippen LogP contribution in [0.5, 0.6) is 5.75 Å². The van der Waals surface area contributed by atoms with Gasteiger partial charge in [-0.2, -0.15) is 17.6 Å². The molecule has 0 bridgehead atoms. The van der Waals surface area contributed by atoms with E-state index in [1.807, 2.05) is 0 Å². The molecule has 1 aromatic rings. The standard InChI is InChI=1S/C15H9ClF4IN3O/c1-21-15(19,20)25-11-5-2-9(3-6-11)10-4-7-12-22-23-13(14(16,17)18)24(12)8-10/h2-8H,1H2/p+1. The number of nitrogens with zero attached hydrogens (tertiary/aromatic N) is 2. The number of fused-ring (bicyclic) bond motifs is 1. The molecule has 0 radical (unpaired) electrons. The van der Waals surface area contributed by atoms with Crippen molar-refractivity contribution in [3.8, 4) is 5.75 Å². The summed E-state index contributed by atoms with van der Waals surface area (Å²) in [6.45, 7) is 0. The molecule has 10 heteroatoms. The van der Waals surface area contributed by atoms with Gasteiger partial charge in [0.15, 0.2) is 0 Å². The Morgan fingerprint density at radius 3 is 2.36 bits per heavy atom. The summed E-state index contributed by atoms with van der Waals surface area (Å²) in [5.74, 6) is -0.328. The summed E-state index contributed by atoms with van der Waals surface area (Å²) in [6, 6.07) is 5.86. The van der Waals surface area contributed by atoms with Gasteiger partial charge < -0.3 is 4.74 Å². The molecule has 1 unspecified atom stereocenters. The first kappa shape index (κ1) is 18.2. The fourth-order valence-corrected chi connectivity index (χ4v) is 2.79. The van der Waals surface area contributed by atoms with Gasteiger partial charge >= 0.3 is 15.3 Å². The molecule has 1 atom stereocenters. The van der Waals surface area contributed by atoms with Crippen molar-refractivity contribution >= 4 is 54.1 Å². The summed E-state index contributed by atoms with van der Waals surface area (Å²) in [4.78, 5) is 0.131. The van der Waals surface area contributed by atoms with Gasteiger partial charge in [0.1, 0.15) is 11.9 Å². The van der Waals surface area contributed by atoms with E-state index in [1.165, 1.54) is 24.4 Å². The highest BCUT2D eigenvalue weighted by Gasteiger charge is 2.47. The van der Waals surface area contributed by atoms with Gasteiger partial charge in [0.2, 0.25) is 0 Å². The van der Waals surface area contributed by atoms with Crippen LogP contribution >= 0.6 is 32.3 Å². The van der Waals surface area contributed by atoms with Crippen molar-refractivity contribution < 1.29 is 27.2 Å². The van der Waals surface area contributed by atoms with Crippen LogP contribution in [0.3, 0.4) is 0 Å². The van der Waals surface area contributed by atoms with Gasteiger partial charge in [-0.1, -0.05) is 26.9 Å². The van der Waals surface area contributed by atoms with Crippen LogP contribution in [-0.4, -0.2) is 25.7 Å². The van der Waals surface area contributed by atoms with Crippen molar-refractivity contribution in [1.29, 1.82) is 0 Å². The minimum atomic E-state index is -3.63. The lowest BCUT2D eigenvalue weighted by Gasteiger charge is -2.17. The Hall–Kier alpha value is -1.59. The van der Waals surface area contributed by atoms with Crippen LogP contribution in [0.25, 0.3) is 5.57 Å². The van der Waals surface area contributed by atoms with Gasteiger partial charge in [-0.05, 0) is 35.4 Å². The van der Waals surface area contributed by atoms with Crippen LogP contribution in [0.15, 0.2) is 52.8 Å². The van der Waals surface area contributed by atoms with E-state index >= 15 is 0 Å². The van der Waals surface area contributed by atoms with E-state index in [2.05, 4.69) is 19.5 Å². The van der Waals surface area contributed by atoms with Crippen LogP contribution in [0, 0.1) is 0 Å². The summed E-state index contributed by atoms with van der Waals surface area (Å²) in [7, 11) is 0. The molecule has 0 spiro atoms. The number of quaternary nitrogens is 1. The zero-order valence-electron chi connectivity index (χ0n) is 12.3. The van der Waals surface area contributed by atoms with E-state index in [9.17, 15) is 17.6 Å². The van der Waals surface area contributed by atoms with Gasteiger partial charge in [0, 0.05) is 32.4 Å². The first-order chi connectivity index (χ1) is 11.7. The molecule has 0 aromatic heterocycles. The predicted octanol–water partition coefficient (Wildman–Crippen LogP) is 3.37. The van der Waals surface area contributed by atoms with Crippen molar-refractivity contribution in [2.24, 2.45) is 10.2 Å². The average Bonchev–Trinajstić information content (AvgIpc) is 2.98. The summed E-state index contributed by atoms with van der Waals surface area (Å²) >= 11 is 3.40. The molecule has 2 aliphatic heterocycles. The molecule has 0 saturated carbocycles. The number of rotatable bonds is 5. The highest BCUT2D eigenvalue weighted by atomic mass is 127. The highest BCUT2D eigenvalue weighted by molar-refractivity contribution is 14.2. The van der Waals surface area contributed by atoms with Crippen molar-refractivity contribution in [1.82, 2.24) is 0 Å². The maximum absolute atomic E-state index is 13.4. The quantitative estimate of drug-likeness (QED) is 0.387. The molecule has 1 aromatic carbocycles. The number of ether oxygens (including phenoxy) is 1. The molecule has 3 rings (SSSR count). The molecule has 0 aliphatic carbocycles. The lowest BCUT2D eigenvalue weighted by atomic mass is 10.0. The zero-order valence-corrected chi connectivity index (χ0v) is 15.2. The molecule has 2 aliphatic rings. The van der Waals surface area contributed by atoms with Crippen molar-refractivity contribution in [3.63, 3.8) is 0 Å². The number of amidine groups is 2. The number of benzene rings is 1. The Labute approximate surface area is 154 Å². The number of allylic oxidation sites excluding steroid dienone is 2. The molecule has 4 nitrogen and oxygen atoms in total. The SMILES string of the molecule is C=IC(F)(F)Oc1ccc(C2=C[NH+]3C(=NN=C3C(F)(F)Cl)C=C2)cc1. The van der Waals surface area contributed by atoms with Crippen LogP contribution in [-0.2, 0) is 0 Å². The van der Waals surface area contributed by atoms with Gasteiger partial charge in [-0.15, -0.1) is 0 Å². The molecule has 1 N–H and O–H groups in total. The Bertz CT molecular complexity index is 828. The number of hydrogen-bond donors (Lipinski definition) is 1. The second-order valence-electron chi connectivity index (χ2n) is 4.98. The topological polar surface area (TPSA) is 38.4 Å². The van der Waals surface area contributed by atoms with E-state index in [0.717, 1.165) is 0 Å². The van der Waals surface area contributed by atoms with E-state index in [0.29, 0.717) is 11.1 Å².